The minimum absolute atomic E-state index is 0.206. The van der Waals surface area contributed by atoms with E-state index in [9.17, 15) is 13.6 Å². The highest BCUT2D eigenvalue weighted by atomic mass is 19.2. The fourth-order valence-electron chi connectivity index (χ4n) is 4.02. The van der Waals surface area contributed by atoms with Gasteiger partial charge in [-0.05, 0) is 45.8 Å². The third kappa shape index (κ3) is 8.08. The largest absolute Gasteiger partial charge is 0.493 e. The van der Waals surface area contributed by atoms with E-state index in [0.29, 0.717) is 40.5 Å². The molecule has 0 saturated heterocycles. The van der Waals surface area contributed by atoms with Gasteiger partial charge in [-0.2, -0.15) is 5.10 Å². The summed E-state index contributed by atoms with van der Waals surface area (Å²) in [5.41, 5.74) is 0.982. The molecular weight excluding hydrogens is 534 g/mol. The topological polar surface area (TPSA) is 110 Å². The highest BCUT2D eigenvalue weighted by molar-refractivity contribution is 5.93. The number of amides is 1. The molecule has 0 atom stereocenters. The number of benzene rings is 2. The Kier molecular flexibility index (Phi) is 9.98. The zero-order chi connectivity index (χ0) is 29.4. The van der Waals surface area contributed by atoms with Crippen LogP contribution in [-0.2, 0) is 11.3 Å². The number of methoxy groups -OCH3 is 1. The van der Waals surface area contributed by atoms with Gasteiger partial charge in [-0.15, -0.1) is 0 Å². The molecular formula is C28H34F2N8O3. The van der Waals surface area contributed by atoms with Crippen molar-refractivity contribution < 1.29 is 23.0 Å². The number of carbonyl (C=O) groups is 1. The number of carbonyl (C=O) groups excluding carboxylic acids is 1. The highest BCUT2D eigenvalue weighted by Gasteiger charge is 2.14. The number of hydrogen-bond donors (Lipinski definition) is 2. The van der Waals surface area contributed by atoms with Gasteiger partial charge in [-0.25, -0.2) is 18.7 Å². The van der Waals surface area contributed by atoms with E-state index in [0.717, 1.165) is 32.1 Å². The Hall–Kier alpha value is -4.36. The van der Waals surface area contributed by atoms with Crippen LogP contribution in [-0.4, -0.2) is 89.9 Å². The lowest BCUT2D eigenvalue weighted by atomic mass is 10.2. The van der Waals surface area contributed by atoms with Crippen molar-refractivity contribution in [2.24, 2.45) is 0 Å². The van der Waals surface area contributed by atoms with Crippen LogP contribution in [0.1, 0.15) is 6.42 Å². The van der Waals surface area contributed by atoms with Gasteiger partial charge in [-0.3, -0.25) is 9.48 Å². The van der Waals surface area contributed by atoms with Crippen molar-refractivity contribution in [3.05, 3.63) is 60.7 Å². The van der Waals surface area contributed by atoms with E-state index in [4.69, 9.17) is 9.47 Å². The average Bonchev–Trinajstić information content (AvgIpc) is 3.38. The first-order valence-corrected chi connectivity index (χ1v) is 13.1. The Morgan fingerprint density at radius 1 is 1.07 bits per heavy atom. The summed E-state index contributed by atoms with van der Waals surface area (Å²) >= 11 is 0. The second-order valence-corrected chi connectivity index (χ2v) is 9.75. The van der Waals surface area contributed by atoms with E-state index >= 15 is 0 Å². The minimum Gasteiger partial charge on any atom is -0.493 e. The number of hydrogen-bond acceptors (Lipinski definition) is 9. The van der Waals surface area contributed by atoms with E-state index in [-0.39, 0.29) is 12.2 Å². The van der Waals surface area contributed by atoms with Gasteiger partial charge in [0.05, 0.1) is 36.8 Å². The maximum absolute atomic E-state index is 13.9. The molecule has 2 aromatic carbocycles. The standard InChI is InChI=1S/C28H34F2N8O3/c1-36(2)10-11-37(3)9-6-12-41-25-14-23-20(13-24(25)40-4)28(32-18-31-23)34-19-15-33-38(16-19)17-26(39)35-22-8-5-7-21(29)27(22)30/h5,7-8,13-16,18H,6,9-12,17H2,1-4H3,(H,35,39)(H,31,32,34). The van der Waals surface area contributed by atoms with Gasteiger partial charge >= 0.3 is 0 Å². The van der Waals surface area contributed by atoms with Crippen LogP contribution in [0.25, 0.3) is 10.9 Å². The Labute approximate surface area is 237 Å². The van der Waals surface area contributed by atoms with E-state index in [1.807, 2.05) is 12.1 Å². The molecule has 0 fully saturated rings. The van der Waals surface area contributed by atoms with Crippen LogP contribution in [0, 0.1) is 11.6 Å². The summed E-state index contributed by atoms with van der Waals surface area (Å²) in [6.45, 7) is 3.22. The lowest BCUT2D eigenvalue weighted by molar-refractivity contribution is -0.116. The van der Waals surface area contributed by atoms with Crippen molar-refractivity contribution in [2.45, 2.75) is 13.0 Å². The zero-order valence-corrected chi connectivity index (χ0v) is 23.5. The predicted octanol–water partition coefficient (Wildman–Crippen LogP) is 3.76. The molecule has 13 heteroatoms. The number of nitrogens with one attached hydrogen (secondary N) is 2. The number of aromatic nitrogens is 4. The van der Waals surface area contributed by atoms with Gasteiger partial charge in [0.2, 0.25) is 5.91 Å². The summed E-state index contributed by atoms with van der Waals surface area (Å²) < 4.78 is 40.2. The fourth-order valence-corrected chi connectivity index (χ4v) is 4.02. The molecule has 0 aliphatic heterocycles. The van der Waals surface area contributed by atoms with E-state index < -0.39 is 17.5 Å². The Morgan fingerprint density at radius 2 is 1.90 bits per heavy atom. The normalized spacial score (nSPS) is 11.3. The van der Waals surface area contributed by atoms with E-state index in [2.05, 4.69) is 56.6 Å². The quantitative estimate of drug-likeness (QED) is 0.220. The molecule has 0 aliphatic carbocycles. The molecule has 218 valence electrons. The molecule has 0 saturated carbocycles. The number of halogens is 2. The number of anilines is 3. The monoisotopic (exact) mass is 568 g/mol. The van der Waals surface area contributed by atoms with Crippen molar-refractivity contribution in [1.29, 1.82) is 0 Å². The van der Waals surface area contributed by atoms with Gasteiger partial charge < -0.3 is 29.9 Å². The van der Waals surface area contributed by atoms with Crippen LogP contribution in [0.4, 0.5) is 26.0 Å². The first-order valence-electron chi connectivity index (χ1n) is 13.1. The molecule has 1 amide bonds. The third-order valence-electron chi connectivity index (χ3n) is 6.22. The summed E-state index contributed by atoms with van der Waals surface area (Å²) in [6, 6.07) is 7.19. The number of nitrogens with zero attached hydrogens (tertiary/aromatic N) is 6. The molecule has 0 spiro atoms. The molecule has 2 aromatic heterocycles. The first kappa shape index (κ1) is 29.6. The number of fused-ring (bicyclic) bond motifs is 1. The maximum Gasteiger partial charge on any atom is 0.246 e. The molecule has 4 aromatic rings. The van der Waals surface area contributed by atoms with Gasteiger partial charge in [0.1, 0.15) is 18.7 Å². The molecule has 2 heterocycles. The van der Waals surface area contributed by atoms with Crippen LogP contribution in [0.5, 0.6) is 11.5 Å². The van der Waals surface area contributed by atoms with Crippen LogP contribution in [0.3, 0.4) is 0 Å². The van der Waals surface area contributed by atoms with Crippen molar-refractivity contribution >= 4 is 34.0 Å². The van der Waals surface area contributed by atoms with E-state index in [1.165, 1.54) is 29.3 Å². The fraction of sp³-hybridized carbons (Fsp3) is 0.357. The SMILES string of the molecule is COc1cc2c(Nc3cnn(CC(=O)Nc4cccc(F)c4F)c3)ncnc2cc1OCCCN(C)CCN(C)C. The summed E-state index contributed by atoms with van der Waals surface area (Å²) in [7, 11) is 7.79. The summed E-state index contributed by atoms with van der Waals surface area (Å²) in [5, 5.41) is 10.4. The number of ether oxygens (including phenoxy) is 2. The Bertz CT molecular complexity index is 1480. The van der Waals surface area contributed by atoms with Crippen molar-refractivity contribution in [3.8, 4) is 11.5 Å². The Balaban J connectivity index is 1.39. The number of rotatable bonds is 14. The van der Waals surface area contributed by atoms with Crippen LogP contribution < -0.4 is 20.1 Å². The predicted molar refractivity (Wildman–Crippen MR) is 153 cm³/mol. The van der Waals surface area contributed by atoms with Crippen molar-refractivity contribution in [2.75, 3.05) is 65.1 Å². The van der Waals surface area contributed by atoms with Crippen LogP contribution in [0.15, 0.2) is 49.1 Å². The van der Waals surface area contributed by atoms with Crippen LogP contribution >= 0.6 is 0 Å². The zero-order valence-electron chi connectivity index (χ0n) is 23.5. The Morgan fingerprint density at radius 3 is 2.68 bits per heavy atom. The highest BCUT2D eigenvalue weighted by Crippen LogP contribution is 2.34. The van der Waals surface area contributed by atoms with Gasteiger partial charge in [-0.1, -0.05) is 6.07 Å². The van der Waals surface area contributed by atoms with Crippen LogP contribution in [0.2, 0.25) is 0 Å². The van der Waals surface area contributed by atoms with Gasteiger partial charge in [0, 0.05) is 37.3 Å². The molecule has 41 heavy (non-hydrogen) atoms. The van der Waals surface area contributed by atoms with Gasteiger partial charge in [0.15, 0.2) is 23.1 Å². The van der Waals surface area contributed by atoms with Gasteiger partial charge in [0.25, 0.3) is 0 Å². The first-order chi connectivity index (χ1) is 19.7. The molecule has 0 bridgehead atoms. The maximum atomic E-state index is 13.9. The van der Waals surface area contributed by atoms with Crippen molar-refractivity contribution in [3.63, 3.8) is 0 Å². The molecule has 4 rings (SSSR count). The lowest BCUT2D eigenvalue weighted by Gasteiger charge is -2.19. The smallest absolute Gasteiger partial charge is 0.246 e. The second kappa shape index (κ2) is 13.8. The molecule has 11 nitrogen and oxygen atoms in total. The molecule has 0 aliphatic rings. The average molecular weight is 569 g/mol. The summed E-state index contributed by atoms with van der Waals surface area (Å²) in [4.78, 5) is 25.5. The minimum atomic E-state index is -1.12. The molecule has 0 unspecified atom stereocenters. The third-order valence-corrected chi connectivity index (χ3v) is 6.22. The van der Waals surface area contributed by atoms with E-state index in [1.54, 1.807) is 13.3 Å². The summed E-state index contributed by atoms with van der Waals surface area (Å²) in [5.74, 6) is -1.07. The lowest BCUT2D eigenvalue weighted by Crippen LogP contribution is -2.29. The number of likely N-dealkylation sites (N-methyl/N-ethyl adjacent to an activating group) is 2. The molecule has 0 radical (unpaired) electrons. The van der Waals surface area contributed by atoms with Crippen molar-refractivity contribution in [1.82, 2.24) is 29.5 Å². The second-order valence-electron chi connectivity index (χ2n) is 9.75. The molecule has 2 N–H and O–H groups in total. The summed E-state index contributed by atoms with van der Waals surface area (Å²) in [6.07, 6.45) is 5.42.